The highest BCUT2D eigenvalue weighted by Crippen LogP contribution is 2.27. The van der Waals surface area contributed by atoms with Crippen LogP contribution in [0.2, 0.25) is 0 Å². The summed E-state index contributed by atoms with van der Waals surface area (Å²) in [5, 5.41) is 10.4. The highest BCUT2D eigenvalue weighted by molar-refractivity contribution is 9.10. The van der Waals surface area contributed by atoms with E-state index in [9.17, 15) is 13.9 Å². The molecule has 0 saturated heterocycles. The van der Waals surface area contributed by atoms with Crippen LogP contribution in [0, 0.1) is 11.6 Å². The van der Waals surface area contributed by atoms with Crippen molar-refractivity contribution in [3.63, 3.8) is 0 Å². The highest BCUT2D eigenvalue weighted by atomic mass is 79.9. The number of aliphatic hydroxyl groups is 1. The summed E-state index contributed by atoms with van der Waals surface area (Å²) < 4.78 is 27.9. The van der Waals surface area contributed by atoms with Crippen LogP contribution in [0.4, 0.5) is 8.78 Å². The number of likely N-dealkylation sites (N-methyl/N-ethyl adjacent to an activating group) is 1. The molecule has 0 heterocycles. The summed E-state index contributed by atoms with van der Waals surface area (Å²) in [5.74, 6) is -1.26. The van der Waals surface area contributed by atoms with Gasteiger partial charge in [-0.15, -0.1) is 0 Å². The van der Waals surface area contributed by atoms with Gasteiger partial charge in [-0.25, -0.2) is 8.78 Å². The number of hydrogen-bond acceptors (Lipinski definition) is 2. The lowest BCUT2D eigenvalue weighted by Gasteiger charge is -2.41. The van der Waals surface area contributed by atoms with Crippen LogP contribution in [0.5, 0.6) is 0 Å². The van der Waals surface area contributed by atoms with E-state index in [1.807, 2.05) is 27.7 Å². The molecule has 0 aliphatic carbocycles. The van der Waals surface area contributed by atoms with Gasteiger partial charge in [0.25, 0.3) is 0 Å². The molecule has 0 fully saturated rings. The molecule has 0 spiro atoms. The summed E-state index contributed by atoms with van der Waals surface area (Å²) in [7, 11) is 0. The van der Waals surface area contributed by atoms with Crippen LogP contribution < -0.4 is 0 Å². The third-order valence-corrected chi connectivity index (χ3v) is 4.54. The fraction of sp³-hybridized carbons (Fsp3) is 0.600. The lowest BCUT2D eigenvalue weighted by molar-refractivity contribution is -0.00498. The van der Waals surface area contributed by atoms with E-state index >= 15 is 0 Å². The number of benzene rings is 1. The van der Waals surface area contributed by atoms with Crippen molar-refractivity contribution in [1.82, 2.24) is 4.90 Å². The molecule has 114 valence electrons. The molecule has 0 aliphatic rings. The monoisotopic (exact) mass is 349 g/mol. The van der Waals surface area contributed by atoms with Crippen molar-refractivity contribution >= 4 is 15.9 Å². The van der Waals surface area contributed by atoms with Crippen molar-refractivity contribution in [3.8, 4) is 0 Å². The third kappa shape index (κ3) is 3.57. The Morgan fingerprint density at radius 2 is 1.80 bits per heavy atom. The van der Waals surface area contributed by atoms with Crippen molar-refractivity contribution in [3.05, 3.63) is 33.8 Å². The molecule has 20 heavy (non-hydrogen) atoms. The van der Waals surface area contributed by atoms with Crippen molar-refractivity contribution < 1.29 is 13.9 Å². The van der Waals surface area contributed by atoms with E-state index in [1.54, 1.807) is 0 Å². The molecule has 1 unspecified atom stereocenters. The molecular weight excluding hydrogens is 328 g/mol. The Labute approximate surface area is 127 Å². The fourth-order valence-electron chi connectivity index (χ4n) is 2.45. The van der Waals surface area contributed by atoms with Gasteiger partial charge < -0.3 is 5.11 Å². The van der Waals surface area contributed by atoms with Gasteiger partial charge in [-0.3, -0.25) is 4.90 Å². The first-order chi connectivity index (χ1) is 9.25. The Kier molecular flexibility index (Phi) is 6.10. The van der Waals surface area contributed by atoms with E-state index in [0.717, 1.165) is 13.1 Å². The zero-order chi connectivity index (χ0) is 15.5. The quantitative estimate of drug-likeness (QED) is 0.790. The molecule has 0 aromatic heterocycles. The Balaban J connectivity index is 3.01. The minimum atomic E-state index is -0.860. The summed E-state index contributed by atoms with van der Waals surface area (Å²) in [6, 6.07) is 2.54. The summed E-state index contributed by atoms with van der Waals surface area (Å²) in [5.41, 5.74) is -0.628. The van der Waals surface area contributed by atoms with Crippen LogP contribution in [0.1, 0.15) is 33.3 Å². The smallest absolute Gasteiger partial charge is 0.143 e. The van der Waals surface area contributed by atoms with Gasteiger partial charge in [0, 0.05) is 17.5 Å². The first-order valence-electron chi connectivity index (χ1n) is 6.81. The zero-order valence-corrected chi connectivity index (χ0v) is 14.0. The zero-order valence-electron chi connectivity index (χ0n) is 12.4. The lowest BCUT2D eigenvalue weighted by atomic mass is 9.89. The molecule has 0 bridgehead atoms. The van der Waals surface area contributed by atoms with Crippen molar-refractivity contribution in [1.29, 1.82) is 0 Å². The largest absolute Gasteiger partial charge is 0.391 e. The summed E-state index contributed by atoms with van der Waals surface area (Å²) in [6.45, 7) is 9.31. The maximum absolute atomic E-state index is 14.0. The van der Waals surface area contributed by atoms with Crippen molar-refractivity contribution in [2.75, 3.05) is 13.1 Å². The predicted molar refractivity (Wildman–Crippen MR) is 80.8 cm³/mol. The minimum Gasteiger partial charge on any atom is -0.391 e. The van der Waals surface area contributed by atoms with Gasteiger partial charge in [0.1, 0.15) is 11.6 Å². The summed E-state index contributed by atoms with van der Waals surface area (Å²) >= 11 is 3.04. The first-order valence-corrected chi connectivity index (χ1v) is 7.60. The minimum absolute atomic E-state index is 0.0550. The summed E-state index contributed by atoms with van der Waals surface area (Å²) in [4.78, 5) is 2.07. The number of nitrogens with zero attached hydrogens (tertiary/aromatic N) is 1. The van der Waals surface area contributed by atoms with Crippen LogP contribution in [0.3, 0.4) is 0 Å². The van der Waals surface area contributed by atoms with Crippen LogP contribution in [-0.4, -0.2) is 34.7 Å². The number of aliphatic hydroxyl groups excluding tert-OH is 1. The van der Waals surface area contributed by atoms with Crippen LogP contribution in [0.25, 0.3) is 0 Å². The topological polar surface area (TPSA) is 23.5 Å². The molecule has 1 aromatic carbocycles. The molecule has 2 nitrogen and oxygen atoms in total. The van der Waals surface area contributed by atoms with E-state index in [0.29, 0.717) is 0 Å². The number of rotatable bonds is 6. The Morgan fingerprint density at radius 1 is 1.25 bits per heavy atom. The molecule has 5 heteroatoms. The van der Waals surface area contributed by atoms with E-state index in [4.69, 9.17) is 0 Å². The molecule has 1 aromatic rings. The molecule has 1 rings (SSSR count). The number of hydrogen-bond donors (Lipinski definition) is 1. The van der Waals surface area contributed by atoms with Crippen molar-refractivity contribution in [2.45, 2.75) is 45.8 Å². The summed E-state index contributed by atoms with van der Waals surface area (Å²) in [6.07, 6.45) is -0.915. The van der Waals surface area contributed by atoms with Crippen molar-refractivity contribution in [2.24, 2.45) is 0 Å². The van der Waals surface area contributed by atoms with Crippen LogP contribution in [-0.2, 0) is 6.42 Å². The Hall–Kier alpha value is -0.520. The highest BCUT2D eigenvalue weighted by Gasteiger charge is 2.34. The second kappa shape index (κ2) is 6.96. The van der Waals surface area contributed by atoms with E-state index in [-0.39, 0.29) is 16.5 Å². The molecule has 1 atom stereocenters. The van der Waals surface area contributed by atoms with E-state index in [2.05, 4.69) is 20.8 Å². The van der Waals surface area contributed by atoms with Gasteiger partial charge in [-0.2, -0.15) is 0 Å². The average Bonchev–Trinajstić information content (AvgIpc) is 2.40. The van der Waals surface area contributed by atoms with Gasteiger partial charge >= 0.3 is 0 Å². The molecule has 0 amide bonds. The van der Waals surface area contributed by atoms with Gasteiger partial charge in [-0.05, 0) is 55.0 Å². The molecular formula is C15H22BrF2NO. The van der Waals surface area contributed by atoms with E-state index < -0.39 is 23.3 Å². The normalized spacial score (nSPS) is 13.8. The van der Waals surface area contributed by atoms with Crippen LogP contribution in [0.15, 0.2) is 16.6 Å². The Bertz CT molecular complexity index is 461. The second-order valence-electron chi connectivity index (χ2n) is 5.37. The standard InChI is InChI=1S/C15H22BrF2NO/c1-5-19(6-2)15(3,4)13(20)9-10-12(17)8-7-11(16)14(10)18/h7-8,13,20H,5-6,9H2,1-4H3. The average molecular weight is 350 g/mol. The van der Waals surface area contributed by atoms with E-state index in [1.165, 1.54) is 12.1 Å². The SMILES string of the molecule is CCN(CC)C(C)(C)C(O)Cc1c(F)ccc(Br)c1F. The maximum atomic E-state index is 14.0. The van der Waals surface area contributed by atoms with Gasteiger partial charge in [0.15, 0.2) is 0 Å². The molecule has 0 saturated carbocycles. The van der Waals surface area contributed by atoms with Gasteiger partial charge in [0.05, 0.1) is 10.6 Å². The molecule has 0 aliphatic heterocycles. The second-order valence-corrected chi connectivity index (χ2v) is 6.22. The molecule has 1 N–H and O–H groups in total. The predicted octanol–water partition coefficient (Wildman–Crippen LogP) is 3.75. The molecule has 0 radical (unpaired) electrons. The fourth-order valence-corrected chi connectivity index (χ4v) is 2.82. The number of halogens is 3. The van der Waals surface area contributed by atoms with Gasteiger partial charge in [0.2, 0.25) is 0 Å². The lowest BCUT2D eigenvalue weighted by Crippen LogP contribution is -2.53. The Morgan fingerprint density at radius 3 is 2.30 bits per heavy atom. The third-order valence-electron chi connectivity index (χ3n) is 3.93. The van der Waals surface area contributed by atoms with Gasteiger partial charge in [-0.1, -0.05) is 13.8 Å². The maximum Gasteiger partial charge on any atom is 0.143 e. The van der Waals surface area contributed by atoms with Crippen LogP contribution >= 0.6 is 15.9 Å². The first kappa shape index (κ1) is 17.5.